The summed E-state index contributed by atoms with van der Waals surface area (Å²) in [7, 11) is 1.56. The Morgan fingerprint density at radius 3 is 2.61 bits per heavy atom. The Labute approximate surface area is 293 Å². The van der Waals surface area contributed by atoms with Gasteiger partial charge in [-0.15, -0.1) is 0 Å². The zero-order valence-electron chi connectivity index (χ0n) is 26.8. The highest BCUT2D eigenvalue weighted by molar-refractivity contribution is 6.39. The molecule has 14 heteroatoms. The van der Waals surface area contributed by atoms with Gasteiger partial charge >= 0.3 is 0 Å². The molecule has 254 valence electrons. The number of ether oxygens (including phenoxy) is 1. The van der Waals surface area contributed by atoms with Crippen molar-refractivity contribution in [1.29, 1.82) is 0 Å². The second-order valence-electron chi connectivity index (χ2n) is 12.8. The van der Waals surface area contributed by atoms with Crippen molar-refractivity contribution in [1.82, 2.24) is 35.8 Å². The number of anilines is 2. The van der Waals surface area contributed by atoms with Crippen molar-refractivity contribution in [3.8, 4) is 28.4 Å². The molecule has 1 unspecified atom stereocenters. The molecule has 6 heterocycles. The summed E-state index contributed by atoms with van der Waals surface area (Å²) in [5.74, 6) is 0.199. The molecule has 11 nitrogen and oxygen atoms in total. The first-order valence-corrected chi connectivity index (χ1v) is 16.8. The third kappa shape index (κ3) is 6.91. The first-order valence-electron chi connectivity index (χ1n) is 16.1. The van der Waals surface area contributed by atoms with Gasteiger partial charge in [-0.05, 0) is 30.7 Å². The molecule has 3 aromatic heterocycles. The second-order valence-corrected chi connectivity index (χ2v) is 13.6. The summed E-state index contributed by atoms with van der Waals surface area (Å²) in [6.07, 6.45) is 5.09. The van der Waals surface area contributed by atoms with Crippen LogP contribution in [-0.2, 0) is 22.7 Å². The first kappa shape index (κ1) is 33.2. The number of likely N-dealkylation sites (tertiary alicyclic amines) is 1. The fourth-order valence-electron chi connectivity index (χ4n) is 6.83. The van der Waals surface area contributed by atoms with Gasteiger partial charge in [0.2, 0.25) is 17.7 Å². The SMILES string of the molecule is COc1nc(-c2ccnc(-c3cccc(Nc4nccc(CN5CC6(CNC(=O)C6)C5)c4F)c3Cl)c2Cl)ccc1CNCC1CCC(=O)N1. The molecule has 3 aliphatic heterocycles. The van der Waals surface area contributed by atoms with Gasteiger partial charge in [-0.25, -0.2) is 14.4 Å². The van der Waals surface area contributed by atoms with Crippen LogP contribution in [0.1, 0.15) is 30.4 Å². The van der Waals surface area contributed by atoms with Crippen LogP contribution >= 0.6 is 23.2 Å². The Balaban J connectivity index is 1.07. The number of hydrogen-bond acceptors (Lipinski definition) is 9. The Morgan fingerprint density at radius 2 is 1.86 bits per heavy atom. The maximum atomic E-state index is 15.7. The van der Waals surface area contributed by atoms with Crippen LogP contribution in [0.4, 0.5) is 15.9 Å². The summed E-state index contributed by atoms with van der Waals surface area (Å²) >= 11 is 13.9. The summed E-state index contributed by atoms with van der Waals surface area (Å²) in [4.78, 5) is 38.8. The summed E-state index contributed by atoms with van der Waals surface area (Å²) in [6, 6.07) is 12.7. The number of rotatable bonds is 11. The normalized spacial score (nSPS) is 18.3. The molecule has 4 N–H and O–H groups in total. The van der Waals surface area contributed by atoms with Gasteiger partial charge in [0.1, 0.15) is 0 Å². The minimum Gasteiger partial charge on any atom is -0.481 e. The number of carbonyl (C=O) groups excluding carboxylic acids is 2. The van der Waals surface area contributed by atoms with Gasteiger partial charge in [-0.2, -0.15) is 0 Å². The van der Waals surface area contributed by atoms with Crippen molar-refractivity contribution < 1.29 is 18.7 Å². The van der Waals surface area contributed by atoms with E-state index < -0.39 is 5.82 Å². The minimum atomic E-state index is -0.465. The van der Waals surface area contributed by atoms with E-state index in [1.165, 1.54) is 0 Å². The lowest BCUT2D eigenvalue weighted by Crippen LogP contribution is -2.56. The van der Waals surface area contributed by atoms with Crippen LogP contribution in [-0.4, -0.2) is 71.0 Å². The number of benzene rings is 1. The van der Waals surface area contributed by atoms with E-state index in [1.807, 2.05) is 12.1 Å². The second kappa shape index (κ2) is 13.9. The molecule has 2 amide bonds. The largest absolute Gasteiger partial charge is 0.481 e. The van der Waals surface area contributed by atoms with E-state index >= 15 is 4.39 Å². The van der Waals surface area contributed by atoms with Crippen LogP contribution in [0.2, 0.25) is 10.0 Å². The zero-order valence-corrected chi connectivity index (χ0v) is 28.3. The lowest BCUT2D eigenvalue weighted by molar-refractivity contribution is -0.121. The maximum absolute atomic E-state index is 15.7. The third-order valence-electron chi connectivity index (χ3n) is 9.27. The van der Waals surface area contributed by atoms with Gasteiger partial charge in [0.05, 0.1) is 34.2 Å². The predicted octanol–water partition coefficient (Wildman–Crippen LogP) is 5.09. The standard InChI is InChI=1S/C35H35Cl2FN8O3/c1-49-34-20(14-39-15-22-6-8-27(47)43-22)5-7-25(45-34)23-10-12-40-32(30(23)37)24-3-2-4-26(29(24)36)44-33-31(38)21(9-11-41-33)16-46-18-35(19-46)13-28(48)42-17-35/h2-5,7,9-12,22,39H,6,8,13-19H2,1H3,(H,41,44)(H,42,48)(H,43,47). The quantitative estimate of drug-likeness (QED) is 0.168. The van der Waals surface area contributed by atoms with E-state index in [0.29, 0.717) is 88.7 Å². The Kier molecular flexibility index (Phi) is 9.38. The molecule has 3 fully saturated rings. The van der Waals surface area contributed by atoms with Crippen LogP contribution in [0, 0.1) is 11.2 Å². The number of nitrogens with zero attached hydrogens (tertiary/aromatic N) is 4. The molecule has 1 spiro atoms. The summed E-state index contributed by atoms with van der Waals surface area (Å²) in [5, 5.41) is 12.9. The van der Waals surface area contributed by atoms with Crippen molar-refractivity contribution in [2.75, 3.05) is 38.6 Å². The van der Waals surface area contributed by atoms with Crippen molar-refractivity contribution in [3.05, 3.63) is 81.8 Å². The average Bonchev–Trinajstić information content (AvgIpc) is 3.69. The molecule has 7 rings (SSSR count). The number of carbonyl (C=O) groups is 2. The fourth-order valence-corrected chi connectivity index (χ4v) is 7.41. The lowest BCUT2D eigenvalue weighted by atomic mass is 9.79. The molecule has 4 aromatic rings. The summed E-state index contributed by atoms with van der Waals surface area (Å²) < 4.78 is 21.3. The Hall–Kier alpha value is -4.36. The summed E-state index contributed by atoms with van der Waals surface area (Å²) in [5.41, 5.74) is 3.98. The van der Waals surface area contributed by atoms with Crippen molar-refractivity contribution in [2.45, 2.75) is 38.4 Å². The molecular formula is C35H35Cl2FN8O3. The van der Waals surface area contributed by atoms with Crippen molar-refractivity contribution in [3.63, 3.8) is 0 Å². The number of pyridine rings is 3. The average molecular weight is 706 g/mol. The van der Waals surface area contributed by atoms with Gasteiger partial charge in [-0.3, -0.25) is 19.5 Å². The molecule has 0 saturated carbocycles. The number of hydrogen-bond donors (Lipinski definition) is 4. The number of aromatic nitrogens is 3. The van der Waals surface area contributed by atoms with Crippen LogP contribution < -0.4 is 26.0 Å². The van der Waals surface area contributed by atoms with Crippen molar-refractivity contribution >= 4 is 46.5 Å². The molecule has 3 aliphatic rings. The monoisotopic (exact) mass is 704 g/mol. The highest BCUT2D eigenvalue weighted by Gasteiger charge is 2.48. The fraction of sp³-hybridized carbons (Fsp3) is 0.343. The van der Waals surface area contributed by atoms with Crippen LogP contribution in [0.5, 0.6) is 5.88 Å². The maximum Gasteiger partial charge on any atom is 0.220 e. The smallest absolute Gasteiger partial charge is 0.220 e. The Morgan fingerprint density at radius 1 is 1.02 bits per heavy atom. The van der Waals surface area contributed by atoms with E-state index in [4.69, 9.17) is 32.9 Å². The van der Waals surface area contributed by atoms with Gasteiger partial charge in [0.25, 0.3) is 0 Å². The number of halogens is 3. The van der Waals surface area contributed by atoms with Gasteiger partial charge in [-0.1, -0.05) is 41.4 Å². The van der Waals surface area contributed by atoms with Gasteiger partial charge < -0.3 is 26.0 Å². The topological polar surface area (TPSA) is 133 Å². The molecule has 1 atom stereocenters. The highest BCUT2D eigenvalue weighted by Crippen LogP contribution is 2.41. The lowest BCUT2D eigenvalue weighted by Gasteiger charge is -2.47. The van der Waals surface area contributed by atoms with Crippen LogP contribution in [0.15, 0.2) is 54.9 Å². The van der Waals surface area contributed by atoms with Gasteiger partial charge in [0, 0.05) is 98.2 Å². The van der Waals surface area contributed by atoms with E-state index in [1.54, 1.807) is 49.8 Å². The Bertz CT molecular complexity index is 1920. The van der Waals surface area contributed by atoms with Crippen molar-refractivity contribution in [2.24, 2.45) is 5.41 Å². The van der Waals surface area contributed by atoms with Crippen LogP contribution in [0.25, 0.3) is 22.5 Å². The van der Waals surface area contributed by atoms with E-state index in [9.17, 15) is 9.59 Å². The molecule has 49 heavy (non-hydrogen) atoms. The van der Waals surface area contributed by atoms with Gasteiger partial charge in [0.15, 0.2) is 11.6 Å². The molecule has 3 saturated heterocycles. The minimum absolute atomic E-state index is 0.0396. The number of nitrogens with one attached hydrogen (secondary N) is 4. The highest BCUT2D eigenvalue weighted by atomic mass is 35.5. The molecule has 0 aliphatic carbocycles. The van der Waals surface area contributed by atoms with Crippen LogP contribution in [0.3, 0.4) is 0 Å². The van der Waals surface area contributed by atoms with E-state index in [0.717, 1.165) is 25.1 Å². The molecule has 0 bridgehead atoms. The first-order chi connectivity index (χ1) is 23.7. The molecule has 1 aromatic carbocycles. The van der Waals surface area contributed by atoms with E-state index in [-0.39, 0.29) is 29.1 Å². The summed E-state index contributed by atoms with van der Waals surface area (Å²) in [6.45, 7) is 3.73. The predicted molar refractivity (Wildman–Crippen MR) is 185 cm³/mol. The molecular weight excluding hydrogens is 670 g/mol. The zero-order chi connectivity index (χ0) is 34.1. The number of amides is 2. The molecule has 0 radical (unpaired) electrons. The third-order valence-corrected chi connectivity index (χ3v) is 10.1. The number of methoxy groups -OCH3 is 1. The van der Waals surface area contributed by atoms with E-state index in [2.05, 4.69) is 36.1 Å².